The van der Waals surface area contributed by atoms with Crippen LogP contribution in [0.2, 0.25) is 58.9 Å². The Bertz CT molecular complexity index is 373. The van der Waals surface area contributed by atoms with E-state index in [-0.39, 0.29) is 24.6 Å². The highest BCUT2D eigenvalue weighted by atomic mass is 28.4. The number of methoxy groups -OCH3 is 1. The molecule has 0 aliphatic carbocycles. The van der Waals surface area contributed by atoms with Crippen molar-refractivity contribution < 1.29 is 22.8 Å². The summed E-state index contributed by atoms with van der Waals surface area (Å²) in [4.78, 5) is 0. The highest BCUT2D eigenvalue weighted by Crippen LogP contribution is 2.29. The van der Waals surface area contributed by atoms with E-state index in [9.17, 15) is 0 Å². The molecule has 0 N–H and O–H groups in total. The molecule has 1 rings (SSSR count). The van der Waals surface area contributed by atoms with Gasteiger partial charge in [0.15, 0.2) is 31.2 Å². The minimum absolute atomic E-state index is 0.0974. The summed E-state index contributed by atoms with van der Waals surface area (Å²) in [7, 11) is -3.50. The summed E-state index contributed by atoms with van der Waals surface area (Å²) in [6.07, 6.45) is -0.883. The standard InChI is InChI=1S/C15H36O5Si3/c1-16-14-13(19-22(5,6)7)12(18-21(2,3)4)11-17-15(14)20-23(8,9)10/h12-15H,11H2,1-10H3. The van der Waals surface area contributed by atoms with Gasteiger partial charge in [-0.25, -0.2) is 0 Å². The van der Waals surface area contributed by atoms with Crippen molar-refractivity contribution in [1.29, 1.82) is 0 Å². The summed E-state index contributed by atoms with van der Waals surface area (Å²) in [5.74, 6) is 0. The van der Waals surface area contributed by atoms with Crippen molar-refractivity contribution >= 4 is 25.0 Å². The maximum atomic E-state index is 6.45. The molecule has 0 saturated carbocycles. The lowest BCUT2D eigenvalue weighted by Crippen LogP contribution is -2.61. The Kier molecular flexibility index (Phi) is 7.27. The Hall–Kier alpha value is 0.451. The van der Waals surface area contributed by atoms with Gasteiger partial charge in [0.2, 0.25) is 0 Å². The van der Waals surface area contributed by atoms with E-state index in [0.29, 0.717) is 6.61 Å². The lowest BCUT2D eigenvalue weighted by atomic mass is 10.1. The first-order chi connectivity index (χ1) is 10.2. The Balaban J connectivity index is 3.00. The molecule has 0 amide bonds. The van der Waals surface area contributed by atoms with E-state index < -0.39 is 25.0 Å². The van der Waals surface area contributed by atoms with Crippen LogP contribution in [0.15, 0.2) is 0 Å². The Morgan fingerprint density at radius 3 is 1.57 bits per heavy atom. The van der Waals surface area contributed by atoms with Gasteiger partial charge in [-0.3, -0.25) is 0 Å². The van der Waals surface area contributed by atoms with Crippen LogP contribution in [0, 0.1) is 0 Å². The third kappa shape index (κ3) is 7.91. The number of rotatable bonds is 7. The monoisotopic (exact) mass is 380 g/mol. The molecule has 0 aromatic carbocycles. The van der Waals surface area contributed by atoms with Crippen LogP contribution in [0.4, 0.5) is 0 Å². The molecule has 1 aliphatic heterocycles. The average molecular weight is 381 g/mol. The first-order valence-electron chi connectivity index (χ1n) is 8.40. The molecule has 23 heavy (non-hydrogen) atoms. The second kappa shape index (κ2) is 7.77. The second-order valence-corrected chi connectivity index (χ2v) is 22.5. The molecule has 8 heteroatoms. The molecule has 0 bridgehead atoms. The molecule has 1 aliphatic rings. The van der Waals surface area contributed by atoms with E-state index in [1.807, 2.05) is 0 Å². The van der Waals surface area contributed by atoms with Crippen molar-refractivity contribution in [2.45, 2.75) is 83.5 Å². The molecule has 1 saturated heterocycles. The number of hydrogen-bond acceptors (Lipinski definition) is 5. The van der Waals surface area contributed by atoms with Gasteiger partial charge in [-0.1, -0.05) is 0 Å². The minimum Gasteiger partial charge on any atom is -0.410 e. The fraction of sp³-hybridized carbons (Fsp3) is 1.00. The van der Waals surface area contributed by atoms with Gasteiger partial charge in [0.25, 0.3) is 0 Å². The van der Waals surface area contributed by atoms with Gasteiger partial charge in [-0.15, -0.1) is 0 Å². The SMILES string of the molecule is COC1C(O[Si](C)(C)C)OCC(O[Si](C)(C)C)C1O[Si](C)(C)C. The molecule has 1 heterocycles. The zero-order valence-corrected chi connectivity index (χ0v) is 19.6. The summed E-state index contributed by atoms with van der Waals surface area (Å²) in [5, 5.41) is 0. The number of ether oxygens (including phenoxy) is 2. The van der Waals surface area contributed by atoms with Crippen LogP contribution in [0.1, 0.15) is 0 Å². The molecule has 1 fully saturated rings. The summed E-state index contributed by atoms with van der Waals surface area (Å²) >= 11 is 0. The largest absolute Gasteiger partial charge is 0.410 e. The molecule has 0 aromatic heterocycles. The molecule has 5 nitrogen and oxygen atoms in total. The number of hydrogen-bond donors (Lipinski definition) is 0. The maximum absolute atomic E-state index is 6.45. The molecular formula is C15H36O5Si3. The Morgan fingerprint density at radius 1 is 0.696 bits per heavy atom. The zero-order chi connectivity index (χ0) is 18.1. The summed E-state index contributed by atoms with van der Waals surface area (Å²) in [6, 6.07) is 0. The van der Waals surface area contributed by atoms with Crippen LogP contribution < -0.4 is 0 Å². The van der Waals surface area contributed by atoms with E-state index in [2.05, 4.69) is 58.9 Å². The van der Waals surface area contributed by atoms with Crippen LogP contribution in [0.25, 0.3) is 0 Å². The Morgan fingerprint density at radius 2 is 1.17 bits per heavy atom. The highest BCUT2D eigenvalue weighted by Gasteiger charge is 2.46. The third-order valence-corrected chi connectivity index (χ3v) is 6.05. The fourth-order valence-corrected chi connectivity index (χ4v) is 5.66. The third-order valence-electron chi connectivity index (χ3n) is 3.12. The summed E-state index contributed by atoms with van der Waals surface area (Å²) in [6.45, 7) is 20.1. The van der Waals surface area contributed by atoms with E-state index in [4.69, 9.17) is 22.8 Å². The second-order valence-electron chi connectivity index (χ2n) is 9.10. The van der Waals surface area contributed by atoms with Crippen LogP contribution in [-0.4, -0.2) is 63.3 Å². The molecule has 4 atom stereocenters. The van der Waals surface area contributed by atoms with E-state index >= 15 is 0 Å². The van der Waals surface area contributed by atoms with Crippen LogP contribution >= 0.6 is 0 Å². The zero-order valence-electron chi connectivity index (χ0n) is 16.6. The van der Waals surface area contributed by atoms with Gasteiger partial charge >= 0.3 is 0 Å². The van der Waals surface area contributed by atoms with Gasteiger partial charge in [0, 0.05) is 7.11 Å². The molecule has 4 unspecified atom stereocenters. The highest BCUT2D eigenvalue weighted by molar-refractivity contribution is 6.70. The van der Waals surface area contributed by atoms with Gasteiger partial charge in [-0.05, 0) is 58.9 Å². The first kappa shape index (κ1) is 21.5. The fourth-order valence-electron chi connectivity index (χ4n) is 2.55. The predicted octanol–water partition coefficient (Wildman–Crippen LogP) is 3.65. The first-order valence-corrected chi connectivity index (χ1v) is 18.6. The predicted molar refractivity (Wildman–Crippen MR) is 101 cm³/mol. The van der Waals surface area contributed by atoms with Crippen molar-refractivity contribution in [2.24, 2.45) is 0 Å². The van der Waals surface area contributed by atoms with E-state index in [1.165, 1.54) is 0 Å². The quantitative estimate of drug-likeness (QED) is 0.631. The van der Waals surface area contributed by atoms with Crippen LogP contribution in [0.3, 0.4) is 0 Å². The molecule has 0 aromatic rings. The van der Waals surface area contributed by atoms with E-state index in [1.54, 1.807) is 7.11 Å². The smallest absolute Gasteiger partial charge is 0.187 e. The minimum atomic E-state index is -1.75. The molecular weight excluding hydrogens is 344 g/mol. The van der Waals surface area contributed by atoms with E-state index in [0.717, 1.165) is 0 Å². The summed E-state index contributed by atoms with van der Waals surface area (Å²) < 4.78 is 30.7. The van der Waals surface area contributed by atoms with Gasteiger partial charge in [0.05, 0.1) is 12.7 Å². The molecule has 0 spiro atoms. The van der Waals surface area contributed by atoms with Gasteiger partial charge in [-0.2, -0.15) is 0 Å². The van der Waals surface area contributed by atoms with Gasteiger partial charge in [0.1, 0.15) is 12.2 Å². The van der Waals surface area contributed by atoms with Crippen molar-refractivity contribution in [3.8, 4) is 0 Å². The normalized spacial score (nSPS) is 30.5. The Labute approximate surface area is 145 Å². The van der Waals surface area contributed by atoms with Crippen molar-refractivity contribution in [3.05, 3.63) is 0 Å². The lowest BCUT2D eigenvalue weighted by Gasteiger charge is -2.46. The maximum Gasteiger partial charge on any atom is 0.187 e. The van der Waals surface area contributed by atoms with Crippen molar-refractivity contribution in [2.75, 3.05) is 13.7 Å². The van der Waals surface area contributed by atoms with Crippen LogP contribution in [0.5, 0.6) is 0 Å². The van der Waals surface area contributed by atoms with Crippen molar-refractivity contribution in [1.82, 2.24) is 0 Å². The topological polar surface area (TPSA) is 46.2 Å². The van der Waals surface area contributed by atoms with Crippen LogP contribution in [-0.2, 0) is 22.8 Å². The van der Waals surface area contributed by atoms with Gasteiger partial charge < -0.3 is 22.8 Å². The average Bonchev–Trinajstić information content (AvgIpc) is 2.27. The summed E-state index contributed by atoms with van der Waals surface area (Å²) in [5.41, 5.74) is 0. The molecule has 138 valence electrons. The lowest BCUT2D eigenvalue weighted by molar-refractivity contribution is -0.245. The molecule has 0 radical (unpaired) electrons. The van der Waals surface area contributed by atoms with Crippen molar-refractivity contribution in [3.63, 3.8) is 0 Å².